The molecule has 100 valence electrons. The average Bonchev–Trinajstić information content (AvgIpc) is 2.43. The van der Waals surface area contributed by atoms with Crippen LogP contribution in [-0.4, -0.2) is 20.5 Å². The van der Waals surface area contributed by atoms with E-state index in [4.69, 9.17) is 5.11 Å². The summed E-state index contributed by atoms with van der Waals surface area (Å²) in [5.74, 6) is -1.03. The van der Waals surface area contributed by atoms with Gasteiger partial charge in [0.2, 0.25) is 0 Å². The Bertz CT molecular complexity index is 897. The molecule has 0 aliphatic carbocycles. The number of fused-ring (bicyclic) bond motifs is 3. The first kappa shape index (κ1) is 12.3. The van der Waals surface area contributed by atoms with Gasteiger partial charge in [-0.25, -0.2) is 4.98 Å². The zero-order valence-corrected chi connectivity index (χ0v) is 10.8. The molecule has 3 rings (SSSR count). The first-order valence-electron chi connectivity index (χ1n) is 6.19. The molecule has 2 heterocycles. The largest absolute Gasteiger partial charge is 0.481 e. The molecule has 5 nitrogen and oxygen atoms in total. The number of rotatable bonds is 2. The van der Waals surface area contributed by atoms with Gasteiger partial charge < -0.3 is 5.11 Å². The fourth-order valence-corrected chi connectivity index (χ4v) is 2.36. The number of carbonyl (C=O) groups is 1. The summed E-state index contributed by atoms with van der Waals surface area (Å²) >= 11 is 0. The van der Waals surface area contributed by atoms with E-state index in [1.807, 2.05) is 30.3 Å². The predicted octanol–water partition coefficient (Wildman–Crippen LogP) is 1.78. The Morgan fingerprint density at radius 2 is 2.05 bits per heavy atom. The number of pyridine rings is 1. The third kappa shape index (κ3) is 1.84. The maximum Gasteiger partial charge on any atom is 0.308 e. The van der Waals surface area contributed by atoms with Crippen LogP contribution in [0.5, 0.6) is 0 Å². The first-order valence-corrected chi connectivity index (χ1v) is 6.19. The van der Waals surface area contributed by atoms with Crippen LogP contribution in [-0.2, 0) is 11.2 Å². The van der Waals surface area contributed by atoms with Crippen molar-refractivity contribution in [1.29, 1.82) is 0 Å². The van der Waals surface area contributed by atoms with E-state index < -0.39 is 5.97 Å². The summed E-state index contributed by atoms with van der Waals surface area (Å²) in [5, 5.41) is 10.7. The summed E-state index contributed by atoms with van der Waals surface area (Å²) in [6, 6.07) is 9.47. The molecule has 1 N–H and O–H groups in total. The number of hydrogen-bond donors (Lipinski definition) is 1. The standard InChI is InChI=1S/C15H12N2O3/c1-9-12(8-13(18)19)15(20)17-7-6-10-4-2-3-5-11(10)14(17)16-9/h2-7H,8H2,1H3,(H,18,19). The number of carboxylic acid groups (broad SMARTS) is 1. The Hall–Kier alpha value is -2.69. The molecule has 0 aliphatic heterocycles. The first-order chi connectivity index (χ1) is 9.58. The van der Waals surface area contributed by atoms with Crippen molar-refractivity contribution in [3.63, 3.8) is 0 Å². The predicted molar refractivity (Wildman–Crippen MR) is 75.0 cm³/mol. The number of nitrogens with zero attached hydrogens (tertiary/aromatic N) is 2. The molecule has 0 saturated carbocycles. The third-order valence-corrected chi connectivity index (χ3v) is 3.35. The van der Waals surface area contributed by atoms with Crippen LogP contribution in [0.1, 0.15) is 11.3 Å². The number of aryl methyl sites for hydroxylation is 1. The number of hydrogen-bond acceptors (Lipinski definition) is 3. The van der Waals surface area contributed by atoms with Crippen LogP contribution in [0.4, 0.5) is 0 Å². The van der Waals surface area contributed by atoms with Crippen LogP contribution >= 0.6 is 0 Å². The van der Waals surface area contributed by atoms with E-state index in [0.717, 1.165) is 10.8 Å². The molecule has 0 unspecified atom stereocenters. The molecule has 0 bridgehead atoms. The van der Waals surface area contributed by atoms with Crippen molar-refractivity contribution in [3.05, 3.63) is 58.1 Å². The van der Waals surface area contributed by atoms with E-state index >= 15 is 0 Å². The molecule has 1 aromatic carbocycles. The van der Waals surface area contributed by atoms with Crippen molar-refractivity contribution in [2.24, 2.45) is 0 Å². The van der Waals surface area contributed by atoms with Gasteiger partial charge in [-0.2, -0.15) is 0 Å². The van der Waals surface area contributed by atoms with Gasteiger partial charge in [-0.3, -0.25) is 14.0 Å². The average molecular weight is 268 g/mol. The van der Waals surface area contributed by atoms with E-state index in [1.54, 1.807) is 13.1 Å². The van der Waals surface area contributed by atoms with Gasteiger partial charge in [0.25, 0.3) is 5.56 Å². The summed E-state index contributed by atoms with van der Waals surface area (Å²) in [5.41, 5.74) is 0.930. The third-order valence-electron chi connectivity index (χ3n) is 3.35. The van der Waals surface area contributed by atoms with E-state index in [9.17, 15) is 9.59 Å². The monoisotopic (exact) mass is 268 g/mol. The van der Waals surface area contributed by atoms with Crippen LogP contribution in [0.25, 0.3) is 16.4 Å². The molecule has 0 amide bonds. The second-order valence-electron chi connectivity index (χ2n) is 4.65. The summed E-state index contributed by atoms with van der Waals surface area (Å²) in [6.45, 7) is 1.67. The minimum atomic E-state index is -1.03. The highest BCUT2D eigenvalue weighted by atomic mass is 16.4. The molecule has 0 fully saturated rings. The van der Waals surface area contributed by atoms with Crippen molar-refractivity contribution < 1.29 is 9.90 Å². The second-order valence-corrected chi connectivity index (χ2v) is 4.65. The maximum atomic E-state index is 12.4. The van der Waals surface area contributed by atoms with E-state index in [1.165, 1.54) is 4.40 Å². The lowest BCUT2D eigenvalue weighted by atomic mass is 10.1. The molecule has 0 atom stereocenters. The minimum Gasteiger partial charge on any atom is -0.481 e. The SMILES string of the molecule is Cc1nc2c3ccccc3ccn2c(=O)c1CC(=O)O. The number of carboxylic acids is 1. The highest BCUT2D eigenvalue weighted by Crippen LogP contribution is 2.18. The van der Waals surface area contributed by atoms with Gasteiger partial charge >= 0.3 is 5.97 Å². The Kier molecular flexibility index (Phi) is 2.75. The zero-order chi connectivity index (χ0) is 14.3. The number of aromatic nitrogens is 2. The summed E-state index contributed by atoms with van der Waals surface area (Å²) in [7, 11) is 0. The van der Waals surface area contributed by atoms with E-state index in [-0.39, 0.29) is 17.5 Å². The summed E-state index contributed by atoms with van der Waals surface area (Å²) < 4.78 is 1.41. The molecular formula is C15H12N2O3. The second kappa shape index (κ2) is 4.45. The Morgan fingerprint density at radius 3 is 2.80 bits per heavy atom. The van der Waals surface area contributed by atoms with E-state index in [0.29, 0.717) is 11.3 Å². The van der Waals surface area contributed by atoms with Crippen LogP contribution in [0, 0.1) is 6.92 Å². The van der Waals surface area contributed by atoms with Gasteiger partial charge in [-0.15, -0.1) is 0 Å². The summed E-state index contributed by atoms with van der Waals surface area (Å²) in [6.07, 6.45) is 1.32. The number of benzene rings is 1. The van der Waals surface area contributed by atoms with Gasteiger partial charge in [0.1, 0.15) is 5.65 Å². The van der Waals surface area contributed by atoms with Gasteiger partial charge in [-0.05, 0) is 18.4 Å². The molecule has 0 radical (unpaired) electrons. The fourth-order valence-electron chi connectivity index (χ4n) is 2.36. The van der Waals surface area contributed by atoms with E-state index in [2.05, 4.69) is 4.98 Å². The normalized spacial score (nSPS) is 11.1. The molecule has 3 aromatic rings. The molecule has 0 spiro atoms. The van der Waals surface area contributed by atoms with Crippen molar-refractivity contribution in [2.45, 2.75) is 13.3 Å². The van der Waals surface area contributed by atoms with Crippen LogP contribution in [0.3, 0.4) is 0 Å². The Balaban J connectivity index is 2.43. The van der Waals surface area contributed by atoms with Crippen molar-refractivity contribution >= 4 is 22.4 Å². The highest BCUT2D eigenvalue weighted by Gasteiger charge is 2.14. The highest BCUT2D eigenvalue weighted by molar-refractivity contribution is 5.93. The van der Waals surface area contributed by atoms with Crippen molar-refractivity contribution in [1.82, 2.24) is 9.38 Å². The quantitative estimate of drug-likeness (QED) is 0.719. The van der Waals surface area contributed by atoms with Gasteiger partial charge in [0.15, 0.2) is 0 Å². The summed E-state index contributed by atoms with van der Waals surface area (Å²) in [4.78, 5) is 27.7. The molecule has 5 heteroatoms. The molecule has 0 saturated heterocycles. The van der Waals surface area contributed by atoms with Crippen molar-refractivity contribution in [2.75, 3.05) is 0 Å². The van der Waals surface area contributed by atoms with Crippen LogP contribution < -0.4 is 5.56 Å². The lowest BCUT2D eigenvalue weighted by Gasteiger charge is -2.08. The lowest BCUT2D eigenvalue weighted by molar-refractivity contribution is -0.136. The molecule has 20 heavy (non-hydrogen) atoms. The lowest BCUT2D eigenvalue weighted by Crippen LogP contribution is -2.23. The van der Waals surface area contributed by atoms with Crippen LogP contribution in [0.2, 0.25) is 0 Å². The number of aliphatic carboxylic acids is 1. The zero-order valence-electron chi connectivity index (χ0n) is 10.8. The fraction of sp³-hybridized carbons (Fsp3) is 0.133. The molecule has 2 aromatic heterocycles. The van der Waals surface area contributed by atoms with Gasteiger partial charge in [0, 0.05) is 17.3 Å². The van der Waals surface area contributed by atoms with Gasteiger partial charge in [-0.1, -0.05) is 24.3 Å². The molecule has 0 aliphatic rings. The van der Waals surface area contributed by atoms with Crippen molar-refractivity contribution in [3.8, 4) is 0 Å². The Morgan fingerprint density at radius 1 is 1.30 bits per heavy atom. The minimum absolute atomic E-state index is 0.227. The van der Waals surface area contributed by atoms with Crippen LogP contribution in [0.15, 0.2) is 41.3 Å². The Labute approximate surface area is 114 Å². The topological polar surface area (TPSA) is 71.7 Å². The maximum absolute atomic E-state index is 12.4. The van der Waals surface area contributed by atoms with Gasteiger partial charge in [0.05, 0.1) is 12.0 Å². The molecular weight excluding hydrogens is 256 g/mol. The smallest absolute Gasteiger partial charge is 0.308 e.